The lowest BCUT2D eigenvalue weighted by Gasteiger charge is -2.13. The molecule has 0 bridgehead atoms. The largest absolute Gasteiger partial charge is 0.496 e. The van der Waals surface area contributed by atoms with Gasteiger partial charge >= 0.3 is 0 Å². The lowest BCUT2D eigenvalue weighted by molar-refractivity contribution is -0.115. The SMILES string of the molecule is CCSc1nsc(NC(=O)C(C)Sc2ccc(NC(=O)/C(=C/c3ccccc3OC)NC(=O)c3ccccc3)cc2)n1. The van der Waals surface area contributed by atoms with E-state index in [0.717, 1.165) is 22.2 Å². The van der Waals surface area contributed by atoms with Crippen molar-refractivity contribution in [3.8, 4) is 5.75 Å². The maximum atomic E-state index is 13.3. The van der Waals surface area contributed by atoms with Gasteiger partial charge in [0.05, 0.1) is 12.4 Å². The molecule has 0 radical (unpaired) electrons. The highest BCUT2D eigenvalue weighted by molar-refractivity contribution is 8.00. The number of ether oxygens (including phenoxy) is 1. The first-order valence-electron chi connectivity index (χ1n) is 12.9. The second-order valence-electron chi connectivity index (χ2n) is 8.66. The number of carbonyl (C=O) groups is 3. The van der Waals surface area contributed by atoms with Crippen LogP contribution in [0.3, 0.4) is 0 Å². The second-order valence-corrected chi connectivity index (χ2v) is 12.1. The fourth-order valence-corrected chi connectivity index (χ4v) is 5.75. The van der Waals surface area contributed by atoms with Crippen LogP contribution in [-0.2, 0) is 9.59 Å². The van der Waals surface area contributed by atoms with Crippen molar-refractivity contribution in [2.75, 3.05) is 23.5 Å². The Morgan fingerprint density at radius 2 is 1.69 bits per heavy atom. The van der Waals surface area contributed by atoms with Crippen molar-refractivity contribution in [1.29, 1.82) is 0 Å². The van der Waals surface area contributed by atoms with Crippen molar-refractivity contribution < 1.29 is 19.1 Å². The smallest absolute Gasteiger partial charge is 0.272 e. The fourth-order valence-electron chi connectivity index (χ4n) is 3.61. The van der Waals surface area contributed by atoms with E-state index in [1.54, 1.807) is 54.6 Å². The van der Waals surface area contributed by atoms with E-state index in [4.69, 9.17) is 4.74 Å². The van der Waals surface area contributed by atoms with Crippen LogP contribution in [0.4, 0.5) is 10.8 Å². The molecule has 3 amide bonds. The molecule has 0 spiro atoms. The average Bonchev–Trinajstić information content (AvgIpc) is 3.45. The number of methoxy groups -OCH3 is 1. The normalized spacial score (nSPS) is 11.8. The molecule has 0 saturated heterocycles. The Kier molecular flexibility index (Phi) is 11.2. The van der Waals surface area contributed by atoms with Crippen LogP contribution in [0.25, 0.3) is 6.08 Å². The zero-order valence-electron chi connectivity index (χ0n) is 23.1. The van der Waals surface area contributed by atoms with Crippen LogP contribution in [0.5, 0.6) is 5.75 Å². The van der Waals surface area contributed by atoms with Crippen molar-refractivity contribution in [2.24, 2.45) is 0 Å². The van der Waals surface area contributed by atoms with Gasteiger partial charge in [-0.1, -0.05) is 55.1 Å². The lowest BCUT2D eigenvalue weighted by Crippen LogP contribution is -2.30. The number of benzene rings is 3. The van der Waals surface area contributed by atoms with E-state index < -0.39 is 11.8 Å². The Morgan fingerprint density at radius 1 is 0.976 bits per heavy atom. The summed E-state index contributed by atoms with van der Waals surface area (Å²) in [6.45, 7) is 3.82. The number of thioether (sulfide) groups is 2. The highest BCUT2D eigenvalue weighted by Gasteiger charge is 2.18. The zero-order valence-corrected chi connectivity index (χ0v) is 25.6. The molecule has 3 N–H and O–H groups in total. The van der Waals surface area contributed by atoms with Gasteiger partial charge in [0.25, 0.3) is 11.8 Å². The fraction of sp³-hybridized carbons (Fsp3) is 0.167. The van der Waals surface area contributed by atoms with Crippen molar-refractivity contribution in [2.45, 2.75) is 29.1 Å². The number of nitrogens with zero attached hydrogens (tertiary/aromatic N) is 2. The molecule has 1 atom stereocenters. The summed E-state index contributed by atoms with van der Waals surface area (Å²) in [6.07, 6.45) is 1.57. The Labute approximate surface area is 256 Å². The first kappa shape index (κ1) is 30.8. The molecule has 42 heavy (non-hydrogen) atoms. The highest BCUT2D eigenvalue weighted by atomic mass is 32.2. The molecule has 0 saturated carbocycles. The van der Waals surface area contributed by atoms with Crippen molar-refractivity contribution in [1.82, 2.24) is 14.7 Å². The van der Waals surface area contributed by atoms with Gasteiger partial charge in [0.1, 0.15) is 11.4 Å². The first-order valence-corrected chi connectivity index (χ1v) is 15.6. The number of aromatic nitrogens is 2. The van der Waals surface area contributed by atoms with Crippen LogP contribution in [0, 0.1) is 0 Å². The maximum Gasteiger partial charge on any atom is 0.272 e. The molecule has 1 aromatic heterocycles. The summed E-state index contributed by atoms with van der Waals surface area (Å²) in [7, 11) is 1.54. The molecule has 0 aliphatic carbocycles. The van der Waals surface area contributed by atoms with Crippen LogP contribution in [0.1, 0.15) is 29.8 Å². The third-order valence-corrected chi connectivity index (χ3v) is 8.26. The third kappa shape index (κ3) is 8.68. The van der Waals surface area contributed by atoms with Gasteiger partial charge in [-0.2, -0.15) is 9.36 Å². The number of para-hydroxylation sites is 1. The predicted octanol–water partition coefficient (Wildman–Crippen LogP) is 6.19. The first-order chi connectivity index (χ1) is 20.4. The Morgan fingerprint density at radius 3 is 2.40 bits per heavy atom. The molecule has 3 aromatic carbocycles. The van der Waals surface area contributed by atoms with E-state index in [9.17, 15) is 14.4 Å². The van der Waals surface area contributed by atoms with E-state index in [1.807, 2.05) is 44.2 Å². The molecule has 0 aliphatic rings. The van der Waals surface area contributed by atoms with E-state index in [2.05, 4.69) is 25.3 Å². The molecule has 1 unspecified atom stereocenters. The van der Waals surface area contributed by atoms with Crippen molar-refractivity contribution in [3.63, 3.8) is 0 Å². The summed E-state index contributed by atoms with van der Waals surface area (Å²) in [5.74, 6) is 0.314. The number of amides is 3. The van der Waals surface area contributed by atoms with Gasteiger partial charge in [0.15, 0.2) is 0 Å². The van der Waals surface area contributed by atoms with Gasteiger partial charge in [0.2, 0.25) is 16.2 Å². The summed E-state index contributed by atoms with van der Waals surface area (Å²) in [6, 6.07) is 23.0. The Balaban J connectivity index is 1.43. The molecule has 216 valence electrons. The second kappa shape index (κ2) is 15.2. The van der Waals surface area contributed by atoms with Crippen LogP contribution in [0.2, 0.25) is 0 Å². The summed E-state index contributed by atoms with van der Waals surface area (Å²) in [5, 5.41) is 9.11. The van der Waals surface area contributed by atoms with Gasteiger partial charge < -0.3 is 15.4 Å². The monoisotopic (exact) mass is 619 g/mol. The highest BCUT2D eigenvalue weighted by Crippen LogP contribution is 2.27. The summed E-state index contributed by atoms with van der Waals surface area (Å²) < 4.78 is 9.63. The summed E-state index contributed by atoms with van der Waals surface area (Å²) in [5.41, 5.74) is 1.62. The average molecular weight is 620 g/mol. The summed E-state index contributed by atoms with van der Waals surface area (Å²) in [4.78, 5) is 44.0. The van der Waals surface area contributed by atoms with Gasteiger partial charge in [-0.05, 0) is 61.2 Å². The van der Waals surface area contributed by atoms with Crippen LogP contribution < -0.4 is 20.7 Å². The molecular weight excluding hydrogens is 591 g/mol. The van der Waals surface area contributed by atoms with Gasteiger partial charge in [0, 0.05) is 33.2 Å². The van der Waals surface area contributed by atoms with Gasteiger partial charge in [-0.25, -0.2) is 0 Å². The molecule has 4 aromatic rings. The minimum Gasteiger partial charge on any atom is -0.496 e. The molecule has 12 heteroatoms. The Hall–Kier alpha value is -4.13. The van der Waals surface area contributed by atoms with E-state index in [0.29, 0.717) is 32.9 Å². The standard InChI is InChI=1S/C30H29N5O4S3/c1-4-40-30-34-29(42-35-30)33-26(36)19(2)41-23-16-14-22(15-17-23)31-28(38)24(18-21-12-8-9-13-25(21)39-3)32-27(37)20-10-6-5-7-11-20/h5-19H,4H2,1-3H3,(H,31,38)(H,32,37)(H,33,34,35,36)/b24-18-. The number of anilines is 2. The summed E-state index contributed by atoms with van der Waals surface area (Å²) >= 11 is 4.05. The van der Waals surface area contributed by atoms with E-state index >= 15 is 0 Å². The number of hydrogen-bond donors (Lipinski definition) is 3. The minimum absolute atomic E-state index is 0.0502. The molecule has 0 fully saturated rings. The molecule has 1 heterocycles. The van der Waals surface area contributed by atoms with Gasteiger partial charge in [-0.15, -0.1) is 11.8 Å². The number of hydrogen-bond acceptors (Lipinski definition) is 9. The molecule has 4 rings (SSSR count). The van der Waals surface area contributed by atoms with Gasteiger partial charge in [-0.3, -0.25) is 19.7 Å². The number of carbonyl (C=O) groups excluding carboxylic acids is 3. The maximum absolute atomic E-state index is 13.3. The van der Waals surface area contributed by atoms with Crippen molar-refractivity contribution in [3.05, 3.63) is 95.7 Å². The zero-order chi connectivity index (χ0) is 29.9. The van der Waals surface area contributed by atoms with Crippen LogP contribution in [-0.4, -0.2) is 45.2 Å². The topological polar surface area (TPSA) is 122 Å². The molecular formula is C30H29N5O4S3. The lowest BCUT2D eigenvalue weighted by atomic mass is 10.1. The van der Waals surface area contributed by atoms with E-state index in [1.165, 1.54) is 30.6 Å². The third-order valence-electron chi connectivity index (χ3n) is 5.67. The molecule has 9 nitrogen and oxygen atoms in total. The number of rotatable bonds is 12. The van der Waals surface area contributed by atoms with Crippen molar-refractivity contribution >= 4 is 69.7 Å². The van der Waals surface area contributed by atoms with E-state index in [-0.39, 0.29) is 16.9 Å². The predicted molar refractivity (Wildman–Crippen MR) is 170 cm³/mol. The minimum atomic E-state index is -0.504. The Bertz CT molecular complexity index is 1560. The quantitative estimate of drug-likeness (QED) is 0.127. The molecule has 0 aliphatic heterocycles. The number of nitrogens with one attached hydrogen (secondary N) is 3. The van der Waals surface area contributed by atoms with Crippen LogP contribution >= 0.6 is 35.1 Å². The van der Waals surface area contributed by atoms with Crippen LogP contribution in [0.15, 0.2) is 94.6 Å².